The minimum Gasteiger partial charge on any atom is -0.358 e. The Balaban J connectivity index is 1.65. The minimum atomic E-state index is -4.27. The Kier molecular flexibility index (Phi) is 8.90. The van der Waals surface area contributed by atoms with Gasteiger partial charge in [0.05, 0.1) is 6.61 Å². The molecule has 0 saturated carbocycles. The number of hydrogen-bond acceptors (Lipinski definition) is 9. The third-order valence-corrected chi connectivity index (χ3v) is 8.33. The lowest BCUT2D eigenvalue weighted by Crippen LogP contribution is -2.37. The van der Waals surface area contributed by atoms with Gasteiger partial charge in [-0.1, -0.05) is 53.7 Å². The molecular formula is C26H35FN2O7S2. The predicted molar refractivity (Wildman–Crippen MR) is 140 cm³/mol. The van der Waals surface area contributed by atoms with Crippen molar-refractivity contribution in [3.05, 3.63) is 45.9 Å². The highest BCUT2D eigenvalue weighted by molar-refractivity contribution is 7.87. The number of benzene rings is 1. The number of hydrogen-bond donors (Lipinski definition) is 0. The minimum absolute atomic E-state index is 0.0208. The van der Waals surface area contributed by atoms with E-state index in [1.54, 1.807) is 0 Å². The molecule has 0 radical (unpaired) electrons. The van der Waals surface area contributed by atoms with E-state index in [0.29, 0.717) is 11.1 Å². The molecule has 0 bridgehead atoms. The molecule has 9 nitrogen and oxygen atoms in total. The van der Waals surface area contributed by atoms with E-state index >= 15 is 4.39 Å². The average molecular weight is 571 g/mol. The number of rotatable bonds is 7. The van der Waals surface area contributed by atoms with Crippen molar-refractivity contribution in [1.29, 1.82) is 0 Å². The molecule has 38 heavy (non-hydrogen) atoms. The summed E-state index contributed by atoms with van der Waals surface area (Å²) in [6, 6.07) is 5.20. The maximum Gasteiger partial charge on any atom is 0.341 e. The van der Waals surface area contributed by atoms with Gasteiger partial charge in [0.25, 0.3) is 0 Å². The average Bonchev–Trinajstić information content (AvgIpc) is 3.11. The van der Waals surface area contributed by atoms with Crippen LogP contribution in [-0.4, -0.2) is 56.5 Å². The van der Waals surface area contributed by atoms with Crippen molar-refractivity contribution in [2.24, 2.45) is 0 Å². The largest absolute Gasteiger partial charge is 0.358 e. The van der Waals surface area contributed by atoms with Crippen LogP contribution in [0.2, 0.25) is 0 Å². The molecule has 2 aliphatic rings. The van der Waals surface area contributed by atoms with Crippen LogP contribution in [0.3, 0.4) is 0 Å². The van der Waals surface area contributed by atoms with Crippen LogP contribution < -0.4 is 4.18 Å². The highest BCUT2D eigenvalue weighted by Crippen LogP contribution is 2.37. The Morgan fingerprint density at radius 1 is 1.05 bits per heavy atom. The monoisotopic (exact) mass is 570 g/mol. The van der Waals surface area contributed by atoms with Crippen LogP contribution in [0, 0.1) is 4.77 Å². The fourth-order valence-corrected chi connectivity index (χ4v) is 6.43. The molecule has 12 heteroatoms. The van der Waals surface area contributed by atoms with Crippen molar-refractivity contribution in [3.8, 4) is 5.88 Å². The number of ether oxygens (including phenoxy) is 4. The fraction of sp³-hybridized carbons (Fsp3) is 0.615. The first-order valence-electron chi connectivity index (χ1n) is 12.7. The summed E-state index contributed by atoms with van der Waals surface area (Å²) in [6.07, 6.45) is -2.86. The van der Waals surface area contributed by atoms with E-state index in [4.69, 9.17) is 35.3 Å². The van der Waals surface area contributed by atoms with Crippen molar-refractivity contribution >= 4 is 22.3 Å². The highest BCUT2D eigenvalue weighted by Gasteiger charge is 2.47. The van der Waals surface area contributed by atoms with Gasteiger partial charge < -0.3 is 23.1 Å². The van der Waals surface area contributed by atoms with Gasteiger partial charge in [-0.05, 0) is 46.7 Å². The third-order valence-electron chi connectivity index (χ3n) is 6.66. The zero-order valence-corrected chi connectivity index (χ0v) is 24.1. The molecule has 0 amide bonds. The molecule has 2 aliphatic heterocycles. The molecule has 210 valence electrons. The van der Waals surface area contributed by atoms with Gasteiger partial charge in [0.15, 0.2) is 12.4 Å². The molecule has 2 fully saturated rings. The van der Waals surface area contributed by atoms with Gasteiger partial charge >= 0.3 is 10.1 Å². The van der Waals surface area contributed by atoms with Crippen LogP contribution in [-0.2, 0) is 29.1 Å². The molecule has 1 unspecified atom stereocenters. The molecule has 4 rings (SSSR count). The van der Waals surface area contributed by atoms with Crippen molar-refractivity contribution in [1.82, 2.24) is 9.55 Å². The lowest BCUT2D eigenvalue weighted by Gasteiger charge is -2.22. The fourth-order valence-electron chi connectivity index (χ4n) is 4.60. The number of aromatic nitrogens is 2. The van der Waals surface area contributed by atoms with E-state index in [1.807, 2.05) is 39.8 Å². The third kappa shape index (κ3) is 5.95. The zero-order valence-electron chi connectivity index (χ0n) is 22.4. The Morgan fingerprint density at radius 2 is 1.71 bits per heavy atom. The quantitative estimate of drug-likeness (QED) is 0.323. The number of alkyl halides is 1. The van der Waals surface area contributed by atoms with Crippen LogP contribution >= 0.6 is 12.2 Å². The Hall–Kier alpha value is -1.96. The van der Waals surface area contributed by atoms with Crippen LogP contribution in [0.5, 0.6) is 5.88 Å². The summed E-state index contributed by atoms with van der Waals surface area (Å²) in [5, 5.41) is 0. The first-order valence-corrected chi connectivity index (χ1v) is 14.5. The standard InChI is InChI=1S/C26H35FN2O7S2/c1-14(2)17-9-18(15(3)4)24(19(10-17)16(5)6)38(30,31)36-21-7-8-29(26(37)28-21)25-22(27)23-20(35-25)11-32-12-33-13-34-23/h7-10,14-16,20,22-23,25H,11-13H2,1-6H3/t20-,22+,23?,25-/m1/s1. The molecule has 0 spiro atoms. The maximum absolute atomic E-state index is 15.2. The van der Waals surface area contributed by atoms with E-state index in [9.17, 15) is 8.42 Å². The van der Waals surface area contributed by atoms with Crippen molar-refractivity contribution < 1.29 is 35.9 Å². The van der Waals surface area contributed by atoms with Crippen LogP contribution in [0.25, 0.3) is 0 Å². The summed E-state index contributed by atoms with van der Waals surface area (Å²) >= 11 is 5.37. The Bertz CT molecular complexity index is 1280. The van der Waals surface area contributed by atoms with Crippen LogP contribution in [0.15, 0.2) is 29.3 Å². The van der Waals surface area contributed by atoms with E-state index in [2.05, 4.69) is 18.8 Å². The molecule has 1 aromatic carbocycles. The van der Waals surface area contributed by atoms with Gasteiger partial charge in [-0.3, -0.25) is 4.57 Å². The predicted octanol–water partition coefficient (Wildman–Crippen LogP) is 5.33. The summed E-state index contributed by atoms with van der Waals surface area (Å²) in [7, 11) is -4.27. The second kappa shape index (κ2) is 11.6. The number of halogens is 1. The lowest BCUT2D eigenvalue weighted by molar-refractivity contribution is -0.203. The van der Waals surface area contributed by atoms with Crippen LogP contribution in [0.1, 0.15) is 82.2 Å². The first kappa shape index (κ1) is 29.0. The van der Waals surface area contributed by atoms with Crippen molar-refractivity contribution in [3.63, 3.8) is 0 Å². The maximum atomic E-state index is 15.2. The summed E-state index contributed by atoms with van der Waals surface area (Å²) in [4.78, 5) is 4.29. The van der Waals surface area contributed by atoms with Gasteiger partial charge in [0, 0.05) is 12.3 Å². The second-order valence-electron chi connectivity index (χ2n) is 10.4. The zero-order chi connectivity index (χ0) is 27.8. The molecule has 2 saturated heterocycles. The van der Waals surface area contributed by atoms with Gasteiger partial charge in [-0.2, -0.15) is 13.4 Å². The van der Waals surface area contributed by atoms with Crippen LogP contribution in [0.4, 0.5) is 4.39 Å². The summed E-state index contributed by atoms with van der Waals surface area (Å²) in [6.45, 7) is 11.9. The molecule has 0 aliphatic carbocycles. The number of nitrogens with zero attached hydrogens (tertiary/aromatic N) is 2. The Labute approximate surface area is 228 Å². The first-order chi connectivity index (χ1) is 17.9. The van der Waals surface area contributed by atoms with E-state index in [1.165, 1.54) is 16.8 Å². The van der Waals surface area contributed by atoms with Crippen molar-refractivity contribution in [2.75, 3.05) is 20.2 Å². The van der Waals surface area contributed by atoms with Gasteiger partial charge in [0.1, 0.15) is 30.7 Å². The molecule has 0 N–H and O–H groups in total. The lowest BCUT2D eigenvalue weighted by atomic mass is 9.89. The second-order valence-corrected chi connectivity index (χ2v) is 12.3. The Morgan fingerprint density at radius 3 is 2.29 bits per heavy atom. The van der Waals surface area contributed by atoms with Gasteiger partial charge in [-0.25, -0.2) is 4.39 Å². The van der Waals surface area contributed by atoms with E-state index in [0.717, 1.165) is 5.56 Å². The summed E-state index contributed by atoms with van der Waals surface area (Å²) in [5.41, 5.74) is 2.43. The highest BCUT2D eigenvalue weighted by atomic mass is 32.2. The molecule has 3 heterocycles. The molecular weight excluding hydrogens is 535 g/mol. The van der Waals surface area contributed by atoms with Crippen molar-refractivity contribution in [2.45, 2.75) is 88.8 Å². The van der Waals surface area contributed by atoms with E-state index in [-0.39, 0.29) is 53.5 Å². The topological polar surface area (TPSA) is 98.1 Å². The molecule has 2 aromatic rings. The van der Waals surface area contributed by atoms with E-state index < -0.39 is 34.7 Å². The van der Waals surface area contributed by atoms with Gasteiger partial charge in [-0.15, -0.1) is 0 Å². The number of fused-ring (bicyclic) bond motifs is 1. The summed E-state index contributed by atoms with van der Waals surface area (Å²) < 4.78 is 70.9. The summed E-state index contributed by atoms with van der Waals surface area (Å²) in [5.74, 6) is -0.101. The normalized spacial score (nSPS) is 24.5. The van der Waals surface area contributed by atoms with Gasteiger partial charge in [0.2, 0.25) is 10.7 Å². The molecule has 1 aromatic heterocycles. The molecule has 4 atom stereocenters. The smallest absolute Gasteiger partial charge is 0.341 e. The SMILES string of the molecule is CC(C)c1cc(C(C)C)c(S(=O)(=O)Oc2ccn([C@@H]3O[C@@H]4COCOCOC4[C@@H]3F)c(=S)n2)c(C(C)C)c1.